The fraction of sp³-hybridized carbons (Fsp3) is 0.688. The number of rotatable bonds is 10. The molecule has 0 amide bonds. The first kappa shape index (κ1) is 17.9. The van der Waals surface area contributed by atoms with Gasteiger partial charge in [-0.2, -0.15) is 0 Å². The Kier molecular flexibility index (Phi) is 8.27. The average molecular weight is 296 g/mol. The van der Waals surface area contributed by atoms with Gasteiger partial charge in [-0.3, -0.25) is 0 Å². The maximum atomic E-state index is 5.59. The minimum Gasteiger partial charge on any atom is -0.475 e. The van der Waals surface area contributed by atoms with Crippen molar-refractivity contribution >= 4 is 0 Å². The number of pyridine rings is 1. The third kappa shape index (κ3) is 9.39. The molecule has 5 nitrogen and oxygen atoms in total. The summed E-state index contributed by atoms with van der Waals surface area (Å²) in [5.74, 6) is 0.642. The number of hydrogen-bond acceptors (Lipinski definition) is 5. The molecule has 1 aromatic rings. The molecular weight excluding hydrogens is 268 g/mol. The Balaban J connectivity index is 2.23. The summed E-state index contributed by atoms with van der Waals surface area (Å²) < 4.78 is 16.0. The molecule has 0 saturated carbocycles. The van der Waals surface area contributed by atoms with Crippen molar-refractivity contribution in [2.75, 3.05) is 33.5 Å². The second-order valence-electron chi connectivity index (χ2n) is 5.91. The monoisotopic (exact) mass is 296 g/mol. The molecule has 1 rings (SSSR count). The van der Waals surface area contributed by atoms with Crippen LogP contribution in [0.4, 0.5) is 0 Å². The number of aromatic nitrogens is 1. The fourth-order valence-corrected chi connectivity index (χ4v) is 1.62. The van der Waals surface area contributed by atoms with Crippen LogP contribution in [0.2, 0.25) is 0 Å². The normalized spacial score (nSPS) is 11.6. The van der Waals surface area contributed by atoms with E-state index in [2.05, 4.69) is 31.1 Å². The SMILES string of the molecule is COCCCOCCOc1cc(CNC(C)(C)C)ccn1. The lowest BCUT2D eigenvalue weighted by Crippen LogP contribution is -2.35. The summed E-state index contributed by atoms with van der Waals surface area (Å²) in [6.45, 7) is 9.73. The lowest BCUT2D eigenvalue weighted by Gasteiger charge is -2.20. The molecule has 1 aromatic heterocycles. The lowest BCUT2D eigenvalue weighted by atomic mass is 10.1. The molecule has 1 heterocycles. The van der Waals surface area contributed by atoms with E-state index >= 15 is 0 Å². The number of nitrogens with one attached hydrogen (secondary N) is 1. The number of nitrogens with zero attached hydrogens (tertiary/aromatic N) is 1. The van der Waals surface area contributed by atoms with Crippen LogP contribution in [0.3, 0.4) is 0 Å². The molecule has 0 fully saturated rings. The van der Waals surface area contributed by atoms with Crippen molar-refractivity contribution in [2.24, 2.45) is 0 Å². The average Bonchev–Trinajstić information content (AvgIpc) is 2.44. The number of ether oxygens (including phenoxy) is 3. The first-order chi connectivity index (χ1) is 10.0. The van der Waals surface area contributed by atoms with Crippen LogP contribution < -0.4 is 10.1 Å². The van der Waals surface area contributed by atoms with Gasteiger partial charge in [0.15, 0.2) is 0 Å². The summed E-state index contributed by atoms with van der Waals surface area (Å²) in [6, 6.07) is 3.95. The van der Waals surface area contributed by atoms with Gasteiger partial charge in [-0.05, 0) is 38.8 Å². The molecule has 0 unspecified atom stereocenters. The summed E-state index contributed by atoms with van der Waals surface area (Å²) in [5.41, 5.74) is 1.26. The van der Waals surface area contributed by atoms with E-state index in [4.69, 9.17) is 14.2 Å². The zero-order chi connectivity index (χ0) is 15.6. The van der Waals surface area contributed by atoms with Gasteiger partial charge in [-0.25, -0.2) is 4.98 Å². The van der Waals surface area contributed by atoms with Gasteiger partial charge in [0.25, 0.3) is 0 Å². The molecule has 0 spiro atoms. The third-order valence-corrected chi connectivity index (χ3v) is 2.74. The van der Waals surface area contributed by atoms with Crippen LogP contribution in [-0.2, 0) is 16.0 Å². The van der Waals surface area contributed by atoms with Crippen molar-refractivity contribution in [3.63, 3.8) is 0 Å². The Morgan fingerprint density at radius 3 is 2.67 bits per heavy atom. The van der Waals surface area contributed by atoms with Crippen LogP contribution in [0, 0.1) is 0 Å². The zero-order valence-electron chi connectivity index (χ0n) is 13.6. The Morgan fingerprint density at radius 1 is 1.14 bits per heavy atom. The Hall–Kier alpha value is -1.17. The highest BCUT2D eigenvalue weighted by molar-refractivity contribution is 5.20. The lowest BCUT2D eigenvalue weighted by molar-refractivity contribution is 0.0795. The second kappa shape index (κ2) is 9.71. The van der Waals surface area contributed by atoms with E-state index in [1.807, 2.05) is 12.1 Å². The summed E-state index contributed by atoms with van der Waals surface area (Å²) in [7, 11) is 1.69. The van der Waals surface area contributed by atoms with E-state index in [1.54, 1.807) is 13.3 Å². The molecule has 0 aromatic carbocycles. The van der Waals surface area contributed by atoms with Crippen molar-refractivity contribution in [1.29, 1.82) is 0 Å². The quantitative estimate of drug-likeness (QED) is 0.672. The predicted octanol–water partition coefficient (Wildman–Crippen LogP) is 2.40. The fourth-order valence-electron chi connectivity index (χ4n) is 1.62. The largest absolute Gasteiger partial charge is 0.475 e. The van der Waals surface area contributed by atoms with Gasteiger partial charge in [0.1, 0.15) is 6.61 Å². The smallest absolute Gasteiger partial charge is 0.213 e. The standard InChI is InChI=1S/C16H28N2O3/c1-16(2,3)18-13-14-6-7-17-15(12-14)21-11-10-20-9-5-8-19-4/h6-7,12,18H,5,8-11,13H2,1-4H3. The van der Waals surface area contributed by atoms with E-state index in [0.717, 1.165) is 25.1 Å². The van der Waals surface area contributed by atoms with E-state index in [0.29, 0.717) is 25.7 Å². The molecular formula is C16H28N2O3. The highest BCUT2D eigenvalue weighted by Crippen LogP contribution is 2.10. The molecule has 0 aliphatic heterocycles. The van der Waals surface area contributed by atoms with Crippen LogP contribution in [0.1, 0.15) is 32.8 Å². The van der Waals surface area contributed by atoms with E-state index in [9.17, 15) is 0 Å². The van der Waals surface area contributed by atoms with Crippen LogP contribution in [0.25, 0.3) is 0 Å². The predicted molar refractivity (Wildman–Crippen MR) is 83.6 cm³/mol. The highest BCUT2D eigenvalue weighted by atomic mass is 16.5. The molecule has 5 heteroatoms. The van der Waals surface area contributed by atoms with Crippen molar-refractivity contribution in [3.8, 4) is 5.88 Å². The molecule has 0 atom stereocenters. The van der Waals surface area contributed by atoms with Crippen molar-refractivity contribution in [1.82, 2.24) is 10.3 Å². The summed E-state index contributed by atoms with van der Waals surface area (Å²) in [5, 5.41) is 3.44. The van der Waals surface area contributed by atoms with Crippen molar-refractivity contribution in [3.05, 3.63) is 23.9 Å². The summed E-state index contributed by atoms with van der Waals surface area (Å²) in [6.07, 6.45) is 2.68. The maximum Gasteiger partial charge on any atom is 0.213 e. The number of hydrogen-bond donors (Lipinski definition) is 1. The van der Waals surface area contributed by atoms with Crippen LogP contribution in [0.5, 0.6) is 5.88 Å². The maximum absolute atomic E-state index is 5.59. The van der Waals surface area contributed by atoms with Crippen molar-refractivity contribution < 1.29 is 14.2 Å². The van der Waals surface area contributed by atoms with Gasteiger partial charge in [0.2, 0.25) is 5.88 Å². The number of methoxy groups -OCH3 is 1. The topological polar surface area (TPSA) is 52.6 Å². The van der Waals surface area contributed by atoms with Crippen molar-refractivity contribution in [2.45, 2.75) is 39.3 Å². The van der Waals surface area contributed by atoms with Crippen LogP contribution in [-0.4, -0.2) is 44.1 Å². The Labute approximate surface area is 128 Å². The minimum absolute atomic E-state index is 0.0976. The molecule has 0 aliphatic carbocycles. The summed E-state index contributed by atoms with van der Waals surface area (Å²) >= 11 is 0. The van der Waals surface area contributed by atoms with E-state index in [1.165, 1.54) is 0 Å². The molecule has 0 aliphatic rings. The second-order valence-corrected chi connectivity index (χ2v) is 5.91. The van der Waals surface area contributed by atoms with Gasteiger partial charge in [0, 0.05) is 44.7 Å². The van der Waals surface area contributed by atoms with Crippen LogP contribution >= 0.6 is 0 Å². The molecule has 1 N–H and O–H groups in total. The molecule has 21 heavy (non-hydrogen) atoms. The van der Waals surface area contributed by atoms with Gasteiger partial charge in [-0.15, -0.1) is 0 Å². The first-order valence-corrected chi connectivity index (χ1v) is 7.41. The highest BCUT2D eigenvalue weighted by Gasteiger charge is 2.08. The van der Waals surface area contributed by atoms with E-state index in [-0.39, 0.29) is 5.54 Å². The molecule has 120 valence electrons. The minimum atomic E-state index is 0.0976. The molecule has 0 saturated heterocycles. The first-order valence-electron chi connectivity index (χ1n) is 7.41. The van der Waals surface area contributed by atoms with E-state index < -0.39 is 0 Å². The summed E-state index contributed by atoms with van der Waals surface area (Å²) in [4.78, 5) is 4.21. The Bertz CT molecular complexity index is 391. The van der Waals surface area contributed by atoms with Crippen LogP contribution in [0.15, 0.2) is 18.3 Å². The van der Waals surface area contributed by atoms with Gasteiger partial charge < -0.3 is 19.5 Å². The molecule has 0 bridgehead atoms. The zero-order valence-corrected chi connectivity index (χ0v) is 13.6. The van der Waals surface area contributed by atoms with Gasteiger partial charge in [-0.1, -0.05) is 0 Å². The van der Waals surface area contributed by atoms with Gasteiger partial charge >= 0.3 is 0 Å². The third-order valence-electron chi connectivity index (χ3n) is 2.74. The van der Waals surface area contributed by atoms with Gasteiger partial charge in [0.05, 0.1) is 6.61 Å². The Morgan fingerprint density at radius 2 is 1.95 bits per heavy atom. The molecule has 0 radical (unpaired) electrons.